The Kier molecular flexibility index (Phi) is 4.77. The number of anilines is 1. The maximum atomic E-state index is 12.3. The summed E-state index contributed by atoms with van der Waals surface area (Å²) in [5.74, 6) is -0.142. The van der Waals surface area contributed by atoms with Crippen molar-refractivity contribution in [3.63, 3.8) is 0 Å². The molecule has 1 aliphatic heterocycles. The summed E-state index contributed by atoms with van der Waals surface area (Å²) in [6.07, 6.45) is -1.13. The third-order valence-corrected chi connectivity index (χ3v) is 3.74. The Bertz CT molecular complexity index is 494. The van der Waals surface area contributed by atoms with Crippen LogP contribution in [0.15, 0.2) is 30.9 Å². The normalized spacial score (nSPS) is 17.7. The Labute approximate surface area is 122 Å². The number of rotatable bonds is 4. The van der Waals surface area contributed by atoms with E-state index >= 15 is 0 Å². The Morgan fingerprint density at radius 3 is 2.57 bits per heavy atom. The zero-order chi connectivity index (χ0) is 15.5. The molecule has 0 radical (unpaired) electrons. The molecule has 3 nitrogen and oxygen atoms in total. The molecule has 1 aromatic rings. The molecule has 1 heterocycles. The number of para-hydroxylation sites is 1. The van der Waals surface area contributed by atoms with Crippen LogP contribution in [0.1, 0.15) is 24.3 Å². The van der Waals surface area contributed by atoms with Crippen LogP contribution in [0.4, 0.5) is 18.9 Å². The molecule has 2 N–H and O–H groups in total. The Balaban J connectivity index is 2.11. The number of hydrogen-bond acceptors (Lipinski definition) is 3. The number of halogens is 3. The van der Waals surface area contributed by atoms with E-state index in [0.29, 0.717) is 0 Å². The van der Waals surface area contributed by atoms with E-state index in [1.54, 1.807) is 12.1 Å². The maximum Gasteiger partial charge on any atom is 0.573 e. The van der Waals surface area contributed by atoms with Gasteiger partial charge in [0.05, 0.1) is 5.69 Å². The first-order valence-corrected chi connectivity index (χ1v) is 6.88. The van der Waals surface area contributed by atoms with Gasteiger partial charge in [-0.25, -0.2) is 0 Å². The zero-order valence-corrected chi connectivity index (χ0v) is 11.7. The fourth-order valence-corrected chi connectivity index (χ4v) is 2.74. The van der Waals surface area contributed by atoms with Crippen LogP contribution in [0.25, 0.3) is 0 Å². The van der Waals surface area contributed by atoms with E-state index in [4.69, 9.17) is 5.73 Å². The molecule has 0 aliphatic carbocycles. The number of piperidine rings is 1. The van der Waals surface area contributed by atoms with Crippen LogP contribution in [0.3, 0.4) is 0 Å². The van der Waals surface area contributed by atoms with Gasteiger partial charge in [0.1, 0.15) is 0 Å². The molecule has 116 valence electrons. The van der Waals surface area contributed by atoms with Gasteiger partial charge < -0.3 is 10.5 Å². The second-order valence-corrected chi connectivity index (χ2v) is 5.17. The standard InChI is InChI=1S/C15H19F3N2O/c1-2-8-20-9-6-11(7-10-20)12-4-3-5-13(14(12)19)21-15(16,17)18/h2-5,11H,1,6-10,19H2. The number of ether oxygens (including phenoxy) is 1. The molecule has 0 saturated carbocycles. The SMILES string of the molecule is C=CCN1CCC(c2cccc(OC(F)(F)F)c2N)CC1. The van der Waals surface area contributed by atoms with Gasteiger partial charge in [-0.05, 0) is 43.5 Å². The van der Waals surface area contributed by atoms with Gasteiger partial charge in [0.25, 0.3) is 0 Å². The van der Waals surface area contributed by atoms with Gasteiger partial charge in [0.2, 0.25) is 0 Å². The predicted molar refractivity (Wildman–Crippen MR) is 76.1 cm³/mol. The van der Waals surface area contributed by atoms with Crippen molar-refractivity contribution in [2.45, 2.75) is 25.1 Å². The van der Waals surface area contributed by atoms with Crippen molar-refractivity contribution in [2.24, 2.45) is 0 Å². The first-order chi connectivity index (χ1) is 9.90. The van der Waals surface area contributed by atoms with E-state index in [2.05, 4.69) is 16.2 Å². The molecular formula is C15H19F3N2O. The fraction of sp³-hybridized carbons (Fsp3) is 0.467. The van der Waals surface area contributed by atoms with Crippen LogP contribution in [0, 0.1) is 0 Å². The van der Waals surface area contributed by atoms with Crippen LogP contribution in [0.5, 0.6) is 5.75 Å². The number of alkyl halides is 3. The third-order valence-electron chi connectivity index (χ3n) is 3.74. The minimum Gasteiger partial charge on any atom is -0.404 e. The van der Waals surface area contributed by atoms with E-state index in [1.165, 1.54) is 6.07 Å². The monoisotopic (exact) mass is 300 g/mol. The number of hydrogen-bond donors (Lipinski definition) is 1. The predicted octanol–water partition coefficient (Wildman–Crippen LogP) is 3.53. The lowest BCUT2D eigenvalue weighted by Crippen LogP contribution is -2.33. The lowest BCUT2D eigenvalue weighted by Gasteiger charge is -2.32. The number of likely N-dealkylation sites (tertiary alicyclic amines) is 1. The van der Waals surface area contributed by atoms with Crippen LogP contribution in [-0.2, 0) is 0 Å². The maximum absolute atomic E-state index is 12.3. The van der Waals surface area contributed by atoms with Crippen molar-refractivity contribution < 1.29 is 17.9 Å². The quantitative estimate of drug-likeness (QED) is 0.683. The molecule has 21 heavy (non-hydrogen) atoms. The van der Waals surface area contributed by atoms with Gasteiger partial charge in [-0.1, -0.05) is 18.2 Å². The molecular weight excluding hydrogens is 281 g/mol. The number of benzene rings is 1. The van der Waals surface area contributed by atoms with E-state index in [-0.39, 0.29) is 17.4 Å². The van der Waals surface area contributed by atoms with Crippen LogP contribution in [0.2, 0.25) is 0 Å². The Morgan fingerprint density at radius 1 is 1.33 bits per heavy atom. The lowest BCUT2D eigenvalue weighted by molar-refractivity contribution is -0.274. The smallest absolute Gasteiger partial charge is 0.404 e. The summed E-state index contributed by atoms with van der Waals surface area (Å²) >= 11 is 0. The molecule has 0 spiro atoms. The summed E-state index contributed by atoms with van der Waals surface area (Å²) in [6.45, 7) is 6.32. The second-order valence-electron chi connectivity index (χ2n) is 5.17. The Morgan fingerprint density at radius 2 is 2.00 bits per heavy atom. The minimum absolute atomic E-state index is 0.0944. The van der Waals surface area contributed by atoms with Gasteiger partial charge in [-0.3, -0.25) is 4.90 Å². The van der Waals surface area contributed by atoms with Crippen molar-refractivity contribution >= 4 is 5.69 Å². The first kappa shape index (κ1) is 15.7. The number of nitrogen functional groups attached to an aromatic ring is 1. The van der Waals surface area contributed by atoms with Crippen LogP contribution < -0.4 is 10.5 Å². The van der Waals surface area contributed by atoms with Crippen molar-refractivity contribution in [3.05, 3.63) is 36.4 Å². The van der Waals surface area contributed by atoms with Gasteiger partial charge in [0, 0.05) is 6.54 Å². The van der Waals surface area contributed by atoms with Crippen LogP contribution in [-0.4, -0.2) is 30.9 Å². The molecule has 0 amide bonds. The summed E-state index contributed by atoms with van der Waals surface area (Å²) in [4.78, 5) is 2.26. The zero-order valence-electron chi connectivity index (χ0n) is 11.7. The average molecular weight is 300 g/mol. The number of nitrogens with two attached hydrogens (primary N) is 1. The first-order valence-electron chi connectivity index (χ1n) is 6.88. The largest absolute Gasteiger partial charge is 0.573 e. The highest BCUT2D eigenvalue weighted by Crippen LogP contribution is 2.37. The molecule has 0 aromatic heterocycles. The molecule has 0 bridgehead atoms. The Hall–Kier alpha value is -1.69. The van der Waals surface area contributed by atoms with Gasteiger partial charge in [-0.2, -0.15) is 0 Å². The fourth-order valence-electron chi connectivity index (χ4n) is 2.74. The van der Waals surface area contributed by atoms with Gasteiger partial charge >= 0.3 is 6.36 Å². The molecule has 0 atom stereocenters. The molecule has 1 fully saturated rings. The minimum atomic E-state index is -4.72. The lowest BCUT2D eigenvalue weighted by atomic mass is 9.88. The highest BCUT2D eigenvalue weighted by Gasteiger charge is 2.33. The van der Waals surface area contributed by atoms with Crippen molar-refractivity contribution in [3.8, 4) is 5.75 Å². The molecule has 6 heteroatoms. The van der Waals surface area contributed by atoms with Crippen LogP contribution >= 0.6 is 0 Å². The summed E-state index contributed by atoms with van der Waals surface area (Å²) in [5.41, 5.74) is 6.70. The summed E-state index contributed by atoms with van der Waals surface area (Å²) in [5, 5.41) is 0. The highest BCUT2D eigenvalue weighted by molar-refractivity contribution is 5.59. The molecule has 1 aromatic carbocycles. The van der Waals surface area contributed by atoms with E-state index in [9.17, 15) is 13.2 Å². The summed E-state index contributed by atoms with van der Waals surface area (Å²) in [7, 11) is 0. The molecule has 1 saturated heterocycles. The van der Waals surface area contributed by atoms with E-state index in [1.807, 2.05) is 6.08 Å². The summed E-state index contributed by atoms with van der Waals surface area (Å²) < 4.78 is 41.0. The second kappa shape index (κ2) is 6.39. The highest BCUT2D eigenvalue weighted by atomic mass is 19.4. The third kappa shape index (κ3) is 4.14. The van der Waals surface area contributed by atoms with Crippen molar-refractivity contribution in [2.75, 3.05) is 25.4 Å². The van der Waals surface area contributed by atoms with Crippen molar-refractivity contribution in [1.82, 2.24) is 4.90 Å². The van der Waals surface area contributed by atoms with E-state index < -0.39 is 6.36 Å². The van der Waals surface area contributed by atoms with Crippen molar-refractivity contribution in [1.29, 1.82) is 0 Å². The number of nitrogens with zero attached hydrogens (tertiary/aromatic N) is 1. The summed E-state index contributed by atoms with van der Waals surface area (Å²) in [6, 6.07) is 4.59. The van der Waals surface area contributed by atoms with E-state index in [0.717, 1.165) is 38.0 Å². The molecule has 0 unspecified atom stereocenters. The molecule has 1 aliphatic rings. The van der Waals surface area contributed by atoms with Gasteiger partial charge in [0.15, 0.2) is 5.75 Å². The average Bonchev–Trinajstić information content (AvgIpc) is 2.41. The molecule has 2 rings (SSSR count). The topological polar surface area (TPSA) is 38.5 Å². The van der Waals surface area contributed by atoms with Gasteiger partial charge in [-0.15, -0.1) is 19.8 Å².